The Labute approximate surface area is 148 Å². The number of carbonyl (C=O) groups excluding carboxylic acids is 3. The Hall–Kier alpha value is -2.57. The molecule has 0 aliphatic carbocycles. The molecule has 0 spiro atoms. The van der Waals surface area contributed by atoms with E-state index in [1.807, 2.05) is 0 Å². The molecule has 0 fully saturated rings. The van der Waals surface area contributed by atoms with Gasteiger partial charge in [0.2, 0.25) is 5.91 Å². The molecule has 25 heavy (non-hydrogen) atoms. The highest BCUT2D eigenvalue weighted by Gasteiger charge is 2.22. The van der Waals surface area contributed by atoms with Crippen LogP contribution in [0.5, 0.6) is 5.75 Å². The van der Waals surface area contributed by atoms with E-state index >= 15 is 0 Å². The van der Waals surface area contributed by atoms with Gasteiger partial charge in [-0.3, -0.25) is 14.4 Å². The van der Waals surface area contributed by atoms with Crippen molar-refractivity contribution in [3.8, 4) is 5.75 Å². The summed E-state index contributed by atoms with van der Waals surface area (Å²) in [4.78, 5) is 37.1. The summed E-state index contributed by atoms with van der Waals surface area (Å²) < 4.78 is 9.89. The number of hydrogen-bond donors (Lipinski definition) is 1. The Morgan fingerprint density at radius 2 is 1.96 bits per heavy atom. The lowest BCUT2D eigenvalue weighted by Crippen LogP contribution is -2.39. The second-order valence-electron chi connectivity index (χ2n) is 5.74. The number of methoxy groups -OCH3 is 2. The lowest BCUT2D eigenvalue weighted by atomic mass is 10.1. The van der Waals surface area contributed by atoms with Gasteiger partial charge in [0.1, 0.15) is 5.75 Å². The van der Waals surface area contributed by atoms with Crippen molar-refractivity contribution < 1.29 is 23.9 Å². The number of esters is 1. The van der Waals surface area contributed by atoms with Crippen molar-refractivity contribution in [3.63, 3.8) is 0 Å². The van der Waals surface area contributed by atoms with Crippen LogP contribution < -0.4 is 10.1 Å². The van der Waals surface area contributed by atoms with Gasteiger partial charge in [-0.25, -0.2) is 0 Å². The summed E-state index contributed by atoms with van der Waals surface area (Å²) >= 11 is 0. The van der Waals surface area contributed by atoms with Crippen LogP contribution in [-0.2, 0) is 14.3 Å². The van der Waals surface area contributed by atoms with Crippen LogP contribution in [0.4, 0.5) is 0 Å². The predicted molar refractivity (Wildman–Crippen MR) is 93.4 cm³/mol. The Balaban J connectivity index is 2.85. The molecule has 0 radical (unpaired) electrons. The summed E-state index contributed by atoms with van der Waals surface area (Å²) in [5.74, 6) is -0.540. The summed E-state index contributed by atoms with van der Waals surface area (Å²) in [7, 11) is 2.86. The number of ether oxygens (including phenoxy) is 2. The van der Waals surface area contributed by atoms with Crippen molar-refractivity contribution in [3.05, 3.63) is 29.8 Å². The molecule has 1 N–H and O–H groups in total. The average molecular weight is 350 g/mol. The van der Waals surface area contributed by atoms with E-state index in [1.165, 1.54) is 21.1 Å². The van der Waals surface area contributed by atoms with Crippen LogP contribution in [0.1, 0.15) is 30.6 Å². The molecule has 0 heterocycles. The summed E-state index contributed by atoms with van der Waals surface area (Å²) in [5.41, 5.74) is 0.482. The fourth-order valence-electron chi connectivity index (χ4n) is 2.36. The third-order valence-corrected chi connectivity index (χ3v) is 3.68. The monoisotopic (exact) mass is 350 g/mol. The van der Waals surface area contributed by atoms with E-state index in [9.17, 15) is 14.4 Å². The van der Waals surface area contributed by atoms with Crippen molar-refractivity contribution in [2.45, 2.75) is 20.3 Å². The molecule has 138 valence electrons. The third kappa shape index (κ3) is 6.82. The third-order valence-electron chi connectivity index (χ3n) is 3.68. The van der Waals surface area contributed by atoms with Crippen LogP contribution in [0.2, 0.25) is 0 Å². The largest absolute Gasteiger partial charge is 0.497 e. The molecule has 1 aromatic carbocycles. The fourth-order valence-corrected chi connectivity index (χ4v) is 2.36. The molecule has 0 saturated heterocycles. The highest BCUT2D eigenvalue weighted by atomic mass is 16.5. The smallest absolute Gasteiger partial charge is 0.310 e. The minimum Gasteiger partial charge on any atom is -0.497 e. The van der Waals surface area contributed by atoms with E-state index in [2.05, 4.69) is 5.32 Å². The first-order chi connectivity index (χ1) is 11.9. The first kappa shape index (κ1) is 20.5. The molecular weight excluding hydrogens is 324 g/mol. The highest BCUT2D eigenvalue weighted by molar-refractivity contribution is 5.94. The molecule has 0 bridgehead atoms. The van der Waals surface area contributed by atoms with Crippen molar-refractivity contribution in [2.24, 2.45) is 5.92 Å². The fraction of sp³-hybridized carbons (Fsp3) is 0.500. The number of rotatable bonds is 9. The van der Waals surface area contributed by atoms with E-state index in [0.717, 1.165) is 0 Å². The molecule has 7 heteroatoms. The molecule has 0 aliphatic heterocycles. The average Bonchev–Trinajstić information content (AvgIpc) is 2.62. The van der Waals surface area contributed by atoms with Crippen LogP contribution in [-0.4, -0.2) is 56.5 Å². The number of amides is 2. The van der Waals surface area contributed by atoms with Crippen LogP contribution >= 0.6 is 0 Å². The summed E-state index contributed by atoms with van der Waals surface area (Å²) in [6, 6.07) is 6.86. The zero-order chi connectivity index (χ0) is 18.8. The molecule has 0 aliphatic rings. The Bertz CT molecular complexity index is 603. The van der Waals surface area contributed by atoms with Crippen LogP contribution in [0.25, 0.3) is 0 Å². The normalized spacial score (nSPS) is 11.4. The lowest BCUT2D eigenvalue weighted by molar-refractivity contribution is -0.145. The maximum absolute atomic E-state index is 12.8. The second-order valence-corrected chi connectivity index (χ2v) is 5.74. The molecular formula is C18H26N2O5. The SMILES string of the molecule is COC(=O)C(C)CN(CCCNC(C)=O)C(=O)c1cccc(OC)c1. The van der Waals surface area contributed by atoms with Crippen molar-refractivity contribution >= 4 is 17.8 Å². The molecule has 0 saturated carbocycles. The topological polar surface area (TPSA) is 84.9 Å². The Morgan fingerprint density at radius 3 is 2.56 bits per heavy atom. The van der Waals surface area contributed by atoms with Crippen molar-refractivity contribution in [1.29, 1.82) is 0 Å². The quantitative estimate of drug-likeness (QED) is 0.538. The summed E-state index contributed by atoms with van der Waals surface area (Å²) in [6.07, 6.45) is 0.586. The number of carbonyl (C=O) groups is 3. The first-order valence-electron chi connectivity index (χ1n) is 8.14. The van der Waals surface area contributed by atoms with Crippen molar-refractivity contribution in [2.75, 3.05) is 33.9 Å². The van der Waals surface area contributed by atoms with Gasteiger partial charge in [0.15, 0.2) is 0 Å². The van der Waals surface area contributed by atoms with Gasteiger partial charge in [-0.15, -0.1) is 0 Å². The number of benzene rings is 1. The molecule has 1 aromatic rings. The molecule has 0 aromatic heterocycles. The van der Waals surface area contributed by atoms with Crippen LogP contribution in [0.3, 0.4) is 0 Å². The molecule has 1 unspecified atom stereocenters. The van der Waals surface area contributed by atoms with E-state index < -0.39 is 5.92 Å². The van der Waals surface area contributed by atoms with Crippen LogP contribution in [0, 0.1) is 5.92 Å². The van der Waals surface area contributed by atoms with Crippen molar-refractivity contribution in [1.82, 2.24) is 10.2 Å². The van der Waals surface area contributed by atoms with E-state index in [-0.39, 0.29) is 24.3 Å². The minimum atomic E-state index is -0.444. The summed E-state index contributed by atoms with van der Waals surface area (Å²) in [6.45, 7) is 4.27. The van der Waals surface area contributed by atoms with E-state index in [1.54, 1.807) is 36.1 Å². The van der Waals surface area contributed by atoms with Gasteiger partial charge in [-0.2, -0.15) is 0 Å². The van der Waals surface area contributed by atoms with Gasteiger partial charge < -0.3 is 19.7 Å². The van der Waals surface area contributed by atoms with Gasteiger partial charge in [-0.05, 0) is 24.6 Å². The van der Waals surface area contributed by atoms with Gasteiger partial charge >= 0.3 is 5.97 Å². The molecule has 1 atom stereocenters. The Kier molecular flexibility index (Phi) is 8.46. The predicted octanol–water partition coefficient (Wildman–Crippen LogP) is 1.47. The minimum absolute atomic E-state index is 0.117. The standard InChI is InChI=1S/C18H26N2O5/c1-13(18(23)25-4)12-20(10-6-9-19-14(2)21)17(22)15-7-5-8-16(11-15)24-3/h5,7-8,11,13H,6,9-10,12H2,1-4H3,(H,19,21). The van der Waals surface area contributed by atoms with Gasteiger partial charge in [0.25, 0.3) is 5.91 Å². The molecule has 2 amide bonds. The maximum Gasteiger partial charge on any atom is 0.310 e. The Morgan fingerprint density at radius 1 is 1.24 bits per heavy atom. The number of hydrogen-bond acceptors (Lipinski definition) is 5. The van der Waals surface area contributed by atoms with Gasteiger partial charge in [0, 0.05) is 32.1 Å². The summed E-state index contributed by atoms with van der Waals surface area (Å²) in [5, 5.41) is 2.70. The first-order valence-corrected chi connectivity index (χ1v) is 8.14. The maximum atomic E-state index is 12.8. The zero-order valence-corrected chi connectivity index (χ0v) is 15.2. The highest BCUT2D eigenvalue weighted by Crippen LogP contribution is 2.16. The van der Waals surface area contributed by atoms with Crippen LogP contribution in [0.15, 0.2) is 24.3 Å². The molecule has 1 rings (SSSR count). The number of nitrogens with zero attached hydrogens (tertiary/aromatic N) is 1. The lowest BCUT2D eigenvalue weighted by Gasteiger charge is -2.25. The number of nitrogens with one attached hydrogen (secondary N) is 1. The van der Waals surface area contributed by atoms with Gasteiger partial charge in [0.05, 0.1) is 20.1 Å². The van der Waals surface area contributed by atoms with Gasteiger partial charge in [-0.1, -0.05) is 13.0 Å². The second kappa shape index (κ2) is 10.3. The van der Waals surface area contributed by atoms with E-state index in [0.29, 0.717) is 30.8 Å². The zero-order valence-electron chi connectivity index (χ0n) is 15.2. The van der Waals surface area contributed by atoms with E-state index in [4.69, 9.17) is 9.47 Å². The molecule has 7 nitrogen and oxygen atoms in total.